The Balaban J connectivity index is 2.83. The van der Waals surface area contributed by atoms with Gasteiger partial charge in [-0.3, -0.25) is 4.79 Å². The molecule has 14 heavy (non-hydrogen) atoms. The summed E-state index contributed by atoms with van der Waals surface area (Å²) >= 11 is 0. The standard InChI is InChI=1S/C10H7N3O/c11-6-5-9-7-3-1-2-4-8(7)10(14)13-12-9/h1-4H,5H2,(H,13,14). The molecule has 1 aromatic carbocycles. The highest BCUT2D eigenvalue weighted by Gasteiger charge is 2.04. The van der Waals surface area contributed by atoms with Gasteiger partial charge in [-0.15, -0.1) is 0 Å². The summed E-state index contributed by atoms with van der Waals surface area (Å²) in [5, 5.41) is 16.1. The third kappa shape index (κ3) is 1.25. The van der Waals surface area contributed by atoms with Crippen molar-refractivity contribution < 1.29 is 0 Å². The number of nitrogens with zero attached hydrogens (tertiary/aromatic N) is 2. The molecular formula is C10H7N3O. The lowest BCUT2D eigenvalue weighted by molar-refractivity contribution is 0.946. The van der Waals surface area contributed by atoms with E-state index in [0.717, 1.165) is 5.39 Å². The van der Waals surface area contributed by atoms with E-state index in [0.29, 0.717) is 11.1 Å². The highest BCUT2D eigenvalue weighted by molar-refractivity contribution is 5.83. The molecule has 1 N–H and O–H groups in total. The van der Waals surface area contributed by atoms with Gasteiger partial charge < -0.3 is 0 Å². The van der Waals surface area contributed by atoms with Crippen LogP contribution in [-0.4, -0.2) is 10.2 Å². The molecule has 2 rings (SSSR count). The van der Waals surface area contributed by atoms with Crippen molar-refractivity contribution >= 4 is 10.8 Å². The summed E-state index contributed by atoms with van der Waals surface area (Å²) in [7, 11) is 0. The van der Waals surface area contributed by atoms with Gasteiger partial charge >= 0.3 is 0 Å². The van der Waals surface area contributed by atoms with E-state index in [1.165, 1.54) is 0 Å². The zero-order valence-corrected chi connectivity index (χ0v) is 7.32. The smallest absolute Gasteiger partial charge is 0.267 e. The summed E-state index contributed by atoms with van der Waals surface area (Å²) in [6.45, 7) is 0. The third-order valence-corrected chi connectivity index (χ3v) is 2.02. The van der Waals surface area contributed by atoms with Crippen LogP contribution in [0.1, 0.15) is 5.69 Å². The summed E-state index contributed by atoms with van der Waals surface area (Å²) in [4.78, 5) is 11.3. The maximum absolute atomic E-state index is 11.3. The minimum absolute atomic E-state index is 0.206. The molecule has 0 fully saturated rings. The number of hydrogen-bond acceptors (Lipinski definition) is 3. The van der Waals surface area contributed by atoms with Crippen LogP contribution in [0.3, 0.4) is 0 Å². The Morgan fingerprint density at radius 1 is 1.36 bits per heavy atom. The lowest BCUT2D eigenvalue weighted by Gasteiger charge is -1.99. The van der Waals surface area contributed by atoms with Crippen LogP contribution in [0.4, 0.5) is 0 Å². The van der Waals surface area contributed by atoms with Crippen LogP contribution < -0.4 is 5.56 Å². The largest absolute Gasteiger partial charge is 0.272 e. The number of rotatable bonds is 1. The number of aromatic amines is 1. The Morgan fingerprint density at radius 2 is 2.07 bits per heavy atom. The first-order valence-electron chi connectivity index (χ1n) is 4.16. The molecule has 0 amide bonds. The highest BCUT2D eigenvalue weighted by atomic mass is 16.1. The molecular weight excluding hydrogens is 178 g/mol. The van der Waals surface area contributed by atoms with Gasteiger partial charge in [0, 0.05) is 5.39 Å². The fraction of sp³-hybridized carbons (Fsp3) is 0.100. The van der Waals surface area contributed by atoms with Gasteiger partial charge in [0.25, 0.3) is 5.56 Å². The number of benzene rings is 1. The predicted octanol–water partition coefficient (Wildman–Crippen LogP) is 0.989. The number of aromatic nitrogens is 2. The Bertz CT molecular complexity index is 565. The van der Waals surface area contributed by atoms with Crippen LogP contribution >= 0.6 is 0 Å². The SMILES string of the molecule is N#CCc1n[nH]c(=O)c2ccccc12. The van der Waals surface area contributed by atoms with Crippen molar-refractivity contribution in [1.82, 2.24) is 10.2 Å². The quantitative estimate of drug-likeness (QED) is 0.720. The molecule has 0 bridgehead atoms. The molecule has 0 spiro atoms. The van der Waals surface area contributed by atoms with Crippen LogP contribution in [0, 0.1) is 11.3 Å². The van der Waals surface area contributed by atoms with Gasteiger partial charge in [-0.2, -0.15) is 10.4 Å². The molecule has 0 aliphatic carbocycles. The number of nitrogens with one attached hydrogen (secondary N) is 1. The molecule has 0 unspecified atom stereocenters. The van der Waals surface area contributed by atoms with E-state index in [4.69, 9.17) is 5.26 Å². The average Bonchev–Trinajstić information content (AvgIpc) is 2.23. The minimum atomic E-state index is -0.220. The Kier molecular flexibility index (Phi) is 1.99. The highest BCUT2D eigenvalue weighted by Crippen LogP contribution is 2.11. The van der Waals surface area contributed by atoms with Crippen LogP contribution in [0.15, 0.2) is 29.1 Å². The molecule has 1 heterocycles. The van der Waals surface area contributed by atoms with Crippen molar-refractivity contribution in [3.8, 4) is 6.07 Å². The number of fused-ring (bicyclic) bond motifs is 1. The summed E-state index contributed by atoms with van der Waals surface area (Å²) < 4.78 is 0. The molecule has 4 nitrogen and oxygen atoms in total. The number of hydrogen-bond donors (Lipinski definition) is 1. The molecule has 0 saturated heterocycles. The Labute approximate surface area is 79.8 Å². The van der Waals surface area contributed by atoms with Gasteiger partial charge in [0.15, 0.2) is 0 Å². The zero-order chi connectivity index (χ0) is 9.97. The van der Waals surface area contributed by atoms with E-state index in [1.807, 2.05) is 12.1 Å². The second-order valence-electron chi connectivity index (χ2n) is 2.88. The maximum Gasteiger partial charge on any atom is 0.272 e. The molecule has 0 aliphatic rings. The first kappa shape index (κ1) is 8.45. The van der Waals surface area contributed by atoms with Gasteiger partial charge in [0.05, 0.1) is 23.6 Å². The van der Waals surface area contributed by atoms with Crippen molar-refractivity contribution in [2.24, 2.45) is 0 Å². The number of nitriles is 1. The predicted molar refractivity (Wildman–Crippen MR) is 51.7 cm³/mol. The fourth-order valence-electron chi connectivity index (χ4n) is 1.38. The topological polar surface area (TPSA) is 69.5 Å². The second-order valence-corrected chi connectivity index (χ2v) is 2.88. The van der Waals surface area contributed by atoms with Crippen molar-refractivity contribution in [3.05, 3.63) is 40.3 Å². The lowest BCUT2D eigenvalue weighted by Crippen LogP contribution is -2.10. The Morgan fingerprint density at radius 3 is 2.79 bits per heavy atom. The van der Waals surface area contributed by atoms with Crippen molar-refractivity contribution in [1.29, 1.82) is 5.26 Å². The maximum atomic E-state index is 11.3. The summed E-state index contributed by atoms with van der Waals surface area (Å²) in [6.07, 6.45) is 0.206. The van der Waals surface area contributed by atoms with Crippen LogP contribution in [0.5, 0.6) is 0 Å². The normalized spacial score (nSPS) is 9.93. The van der Waals surface area contributed by atoms with Crippen LogP contribution in [-0.2, 0) is 6.42 Å². The fourth-order valence-corrected chi connectivity index (χ4v) is 1.38. The zero-order valence-electron chi connectivity index (χ0n) is 7.32. The molecule has 4 heteroatoms. The van der Waals surface area contributed by atoms with E-state index in [2.05, 4.69) is 10.2 Å². The van der Waals surface area contributed by atoms with E-state index in [-0.39, 0.29) is 12.0 Å². The van der Waals surface area contributed by atoms with Crippen molar-refractivity contribution in [2.75, 3.05) is 0 Å². The molecule has 1 aromatic heterocycles. The lowest BCUT2D eigenvalue weighted by atomic mass is 10.1. The summed E-state index contributed by atoms with van der Waals surface area (Å²) in [5.74, 6) is 0. The van der Waals surface area contributed by atoms with Gasteiger partial charge in [0.1, 0.15) is 0 Å². The van der Waals surface area contributed by atoms with Crippen molar-refractivity contribution in [3.63, 3.8) is 0 Å². The first-order valence-corrected chi connectivity index (χ1v) is 4.16. The molecule has 0 radical (unpaired) electrons. The monoisotopic (exact) mass is 185 g/mol. The van der Waals surface area contributed by atoms with E-state index in [1.54, 1.807) is 18.2 Å². The van der Waals surface area contributed by atoms with E-state index < -0.39 is 0 Å². The van der Waals surface area contributed by atoms with Gasteiger partial charge in [-0.1, -0.05) is 18.2 Å². The first-order chi connectivity index (χ1) is 6.83. The van der Waals surface area contributed by atoms with Crippen LogP contribution in [0.2, 0.25) is 0 Å². The molecule has 0 aliphatic heterocycles. The molecule has 0 saturated carbocycles. The molecule has 2 aromatic rings. The molecule has 68 valence electrons. The number of H-pyrrole nitrogens is 1. The van der Waals surface area contributed by atoms with Crippen molar-refractivity contribution in [2.45, 2.75) is 6.42 Å². The minimum Gasteiger partial charge on any atom is -0.267 e. The van der Waals surface area contributed by atoms with Crippen LogP contribution in [0.25, 0.3) is 10.8 Å². The van der Waals surface area contributed by atoms with Gasteiger partial charge in [-0.25, -0.2) is 5.10 Å². The van der Waals surface area contributed by atoms with Gasteiger partial charge in [0.2, 0.25) is 0 Å². The average molecular weight is 185 g/mol. The third-order valence-electron chi connectivity index (χ3n) is 2.02. The van der Waals surface area contributed by atoms with Gasteiger partial charge in [-0.05, 0) is 6.07 Å². The van der Waals surface area contributed by atoms with E-state index >= 15 is 0 Å². The second kappa shape index (κ2) is 3.30. The van der Waals surface area contributed by atoms with E-state index in [9.17, 15) is 4.79 Å². The molecule has 0 atom stereocenters. The summed E-state index contributed by atoms with van der Waals surface area (Å²) in [6, 6.07) is 9.14. The summed E-state index contributed by atoms with van der Waals surface area (Å²) in [5.41, 5.74) is 0.394. The Hall–Kier alpha value is -2.15.